The Morgan fingerprint density at radius 3 is 2.88 bits per heavy atom. The van der Waals surface area contributed by atoms with E-state index in [1.54, 1.807) is 0 Å². The van der Waals surface area contributed by atoms with Gasteiger partial charge in [0.1, 0.15) is 12.7 Å². The fourth-order valence-electron chi connectivity index (χ4n) is 0.536. The van der Waals surface area contributed by atoms with E-state index in [0.717, 1.165) is 5.06 Å². The number of hydrogen-bond acceptors (Lipinski definition) is 3. The molecule has 1 N–H and O–H groups in total. The molecule has 4 heteroatoms. The van der Waals surface area contributed by atoms with E-state index in [0.29, 0.717) is 0 Å². The first-order valence-corrected chi connectivity index (χ1v) is 2.29. The quantitative estimate of drug-likeness (QED) is 0.461. The molecule has 1 amide bonds. The molecule has 0 bridgehead atoms. The number of hydroxylamine groups is 2. The summed E-state index contributed by atoms with van der Waals surface area (Å²) in [5.41, 5.74) is 0. The van der Waals surface area contributed by atoms with Crippen molar-refractivity contribution in [3.8, 4) is 0 Å². The van der Waals surface area contributed by atoms with E-state index in [1.165, 1.54) is 6.41 Å². The zero-order valence-corrected chi connectivity index (χ0v) is 4.20. The molecule has 0 aliphatic carbocycles. The van der Waals surface area contributed by atoms with Gasteiger partial charge in [-0.05, 0) is 0 Å². The van der Waals surface area contributed by atoms with E-state index in [1.807, 2.05) is 0 Å². The van der Waals surface area contributed by atoms with E-state index in [2.05, 4.69) is 4.84 Å². The van der Waals surface area contributed by atoms with Gasteiger partial charge in [-0.15, -0.1) is 0 Å². The normalized spacial score (nSPS) is 28.6. The largest absolute Gasteiger partial charge is 0.389 e. The highest BCUT2D eigenvalue weighted by atomic mass is 16.7. The van der Waals surface area contributed by atoms with Crippen molar-refractivity contribution in [2.75, 3.05) is 13.2 Å². The number of rotatable bonds is 1. The number of amides is 1. The van der Waals surface area contributed by atoms with Gasteiger partial charge in [-0.1, -0.05) is 0 Å². The lowest BCUT2D eigenvalue weighted by Gasteiger charge is -2.00. The first-order chi connectivity index (χ1) is 3.83. The molecule has 0 saturated carbocycles. The van der Waals surface area contributed by atoms with Crippen molar-refractivity contribution in [2.24, 2.45) is 0 Å². The smallest absolute Gasteiger partial charge is 0.337 e. The number of β-amino-alcohol motifs (C(OH)–C–C–N with tert-alkyl or cyclic N) is 1. The highest BCUT2D eigenvalue weighted by molar-refractivity contribution is 5.46. The van der Waals surface area contributed by atoms with Crippen molar-refractivity contribution < 1.29 is 14.7 Å². The van der Waals surface area contributed by atoms with Crippen LogP contribution in [0.15, 0.2) is 0 Å². The van der Waals surface area contributed by atoms with Crippen LogP contribution in [0.3, 0.4) is 0 Å². The van der Waals surface area contributed by atoms with Crippen molar-refractivity contribution >= 4 is 6.41 Å². The second kappa shape index (κ2) is 2.11. The molecule has 1 heterocycles. The summed E-state index contributed by atoms with van der Waals surface area (Å²) in [6.07, 6.45) is 0.964. The zero-order valence-electron chi connectivity index (χ0n) is 4.20. The van der Waals surface area contributed by atoms with E-state index >= 15 is 0 Å². The summed E-state index contributed by atoms with van der Waals surface area (Å²) in [6.45, 7) is 0.443. The van der Waals surface area contributed by atoms with Gasteiger partial charge < -0.3 is 5.11 Å². The van der Waals surface area contributed by atoms with E-state index in [9.17, 15) is 4.79 Å². The SMILES string of the molecule is O=[C]N1CC(O)CO1. The fourth-order valence-corrected chi connectivity index (χ4v) is 0.536. The summed E-state index contributed by atoms with van der Waals surface area (Å²) in [5.74, 6) is 0. The summed E-state index contributed by atoms with van der Waals surface area (Å²) >= 11 is 0. The molecule has 1 unspecified atom stereocenters. The van der Waals surface area contributed by atoms with Crippen molar-refractivity contribution in [3.05, 3.63) is 0 Å². The average Bonchev–Trinajstić information content (AvgIpc) is 2.14. The van der Waals surface area contributed by atoms with Crippen LogP contribution in [0, 0.1) is 0 Å². The minimum atomic E-state index is -0.531. The Bertz CT molecular complexity index is 95.3. The predicted molar refractivity (Wildman–Crippen MR) is 24.4 cm³/mol. The number of aliphatic hydroxyl groups is 1. The van der Waals surface area contributed by atoms with Crippen LogP contribution in [0.2, 0.25) is 0 Å². The first-order valence-electron chi connectivity index (χ1n) is 2.29. The summed E-state index contributed by atoms with van der Waals surface area (Å²) < 4.78 is 0. The van der Waals surface area contributed by atoms with E-state index in [4.69, 9.17) is 5.11 Å². The monoisotopic (exact) mass is 116 g/mol. The lowest BCUT2D eigenvalue weighted by Crippen LogP contribution is -2.18. The van der Waals surface area contributed by atoms with Gasteiger partial charge >= 0.3 is 6.41 Å². The highest BCUT2D eigenvalue weighted by Gasteiger charge is 2.19. The number of hydrogen-bond donors (Lipinski definition) is 1. The summed E-state index contributed by atoms with van der Waals surface area (Å²) in [5, 5.41) is 9.63. The summed E-state index contributed by atoms with van der Waals surface area (Å²) in [6, 6.07) is 0. The van der Waals surface area contributed by atoms with Gasteiger partial charge in [0.15, 0.2) is 0 Å². The Labute approximate surface area is 46.6 Å². The first kappa shape index (κ1) is 5.53. The molecule has 45 valence electrons. The third-order valence-corrected chi connectivity index (χ3v) is 0.901. The second-order valence-corrected chi connectivity index (χ2v) is 1.60. The van der Waals surface area contributed by atoms with E-state index < -0.39 is 6.10 Å². The Hall–Kier alpha value is -0.610. The van der Waals surface area contributed by atoms with Crippen LogP contribution in [-0.4, -0.2) is 35.8 Å². The second-order valence-electron chi connectivity index (χ2n) is 1.60. The molecule has 0 aromatic rings. The molecule has 1 saturated heterocycles. The standard InChI is InChI=1S/C4H6NO3/c6-3-5-1-4(7)2-8-5/h4,7H,1-2H2. The zero-order chi connectivity index (χ0) is 5.98. The molecule has 1 fully saturated rings. The molecular formula is C4H6NO3. The summed E-state index contributed by atoms with van der Waals surface area (Å²) in [7, 11) is 0. The topological polar surface area (TPSA) is 49.8 Å². The van der Waals surface area contributed by atoms with Gasteiger partial charge in [0.05, 0.1) is 6.54 Å². The fraction of sp³-hybridized carbons (Fsp3) is 0.750. The van der Waals surface area contributed by atoms with Crippen LogP contribution in [0.4, 0.5) is 0 Å². The molecule has 1 aliphatic rings. The van der Waals surface area contributed by atoms with Crippen molar-refractivity contribution in [1.82, 2.24) is 5.06 Å². The Morgan fingerprint density at radius 1 is 1.88 bits per heavy atom. The van der Waals surface area contributed by atoms with Crippen molar-refractivity contribution in [3.63, 3.8) is 0 Å². The Morgan fingerprint density at radius 2 is 2.62 bits per heavy atom. The maximum atomic E-state index is 9.72. The Balaban J connectivity index is 2.32. The molecule has 1 aliphatic heterocycles. The van der Waals surface area contributed by atoms with Gasteiger partial charge in [-0.2, -0.15) is 0 Å². The van der Waals surface area contributed by atoms with Crippen LogP contribution in [-0.2, 0) is 9.63 Å². The van der Waals surface area contributed by atoms with Crippen LogP contribution >= 0.6 is 0 Å². The Kier molecular flexibility index (Phi) is 1.45. The lowest BCUT2D eigenvalue weighted by atomic mass is 10.4. The minimum Gasteiger partial charge on any atom is -0.389 e. The van der Waals surface area contributed by atoms with Gasteiger partial charge in [-0.25, -0.2) is 5.06 Å². The molecule has 4 nitrogen and oxygen atoms in total. The predicted octanol–water partition coefficient (Wildman–Crippen LogP) is -1.34. The number of aliphatic hydroxyl groups excluding tert-OH is 1. The molecule has 1 rings (SSSR count). The highest BCUT2D eigenvalue weighted by Crippen LogP contribution is 2.00. The maximum Gasteiger partial charge on any atom is 0.337 e. The van der Waals surface area contributed by atoms with Gasteiger partial charge in [0.25, 0.3) is 0 Å². The lowest BCUT2D eigenvalue weighted by molar-refractivity contribution is -0.0478. The molecule has 0 spiro atoms. The van der Waals surface area contributed by atoms with Gasteiger partial charge in [-0.3, -0.25) is 9.63 Å². The minimum absolute atomic E-state index is 0.204. The average molecular weight is 116 g/mol. The van der Waals surface area contributed by atoms with Gasteiger partial charge in [0.2, 0.25) is 0 Å². The van der Waals surface area contributed by atoms with E-state index in [-0.39, 0.29) is 13.2 Å². The van der Waals surface area contributed by atoms with Gasteiger partial charge in [0, 0.05) is 0 Å². The van der Waals surface area contributed by atoms with Crippen LogP contribution < -0.4 is 0 Å². The van der Waals surface area contributed by atoms with Crippen molar-refractivity contribution in [2.45, 2.75) is 6.10 Å². The molecule has 8 heavy (non-hydrogen) atoms. The summed E-state index contributed by atoms with van der Waals surface area (Å²) in [4.78, 5) is 14.3. The van der Waals surface area contributed by atoms with Crippen LogP contribution in [0.5, 0.6) is 0 Å². The van der Waals surface area contributed by atoms with Crippen LogP contribution in [0.1, 0.15) is 0 Å². The molecule has 1 radical (unpaired) electrons. The van der Waals surface area contributed by atoms with Crippen LogP contribution in [0.25, 0.3) is 0 Å². The van der Waals surface area contributed by atoms with Crippen molar-refractivity contribution in [1.29, 1.82) is 0 Å². The third-order valence-electron chi connectivity index (χ3n) is 0.901. The number of nitrogens with zero attached hydrogens (tertiary/aromatic N) is 1. The third kappa shape index (κ3) is 0.962. The molecular weight excluding hydrogens is 110 g/mol. The maximum absolute atomic E-state index is 9.72. The molecule has 0 aromatic carbocycles. The molecule has 1 atom stereocenters. The molecule has 0 aromatic heterocycles. The number of carbonyl (C=O) groups excluding carboxylic acids is 1.